The standard InChI is InChI=1S/C14H21NO4/c1-14(2,9-16)15(3)13(17)10-6-11(18-4)8-12(7-10)19-5/h6-8,16H,9H2,1-5H3. The molecule has 1 rings (SSSR count). The number of hydrogen-bond donors (Lipinski definition) is 1. The van der Waals surface area contributed by atoms with Crippen LogP contribution in [0.3, 0.4) is 0 Å². The topological polar surface area (TPSA) is 59.0 Å². The lowest BCUT2D eigenvalue weighted by atomic mass is 10.0. The van der Waals surface area contributed by atoms with E-state index in [1.54, 1.807) is 39.1 Å². The molecule has 0 saturated carbocycles. The van der Waals surface area contributed by atoms with Crippen molar-refractivity contribution in [1.29, 1.82) is 0 Å². The van der Waals surface area contributed by atoms with Gasteiger partial charge in [-0.05, 0) is 26.0 Å². The molecule has 1 aromatic rings. The van der Waals surface area contributed by atoms with Gasteiger partial charge in [0.05, 0.1) is 26.4 Å². The number of benzene rings is 1. The Balaban J connectivity index is 3.12. The van der Waals surface area contributed by atoms with E-state index >= 15 is 0 Å². The largest absolute Gasteiger partial charge is 0.497 e. The molecular weight excluding hydrogens is 246 g/mol. The molecule has 19 heavy (non-hydrogen) atoms. The Hall–Kier alpha value is -1.75. The predicted octanol–water partition coefficient (Wildman–Crippen LogP) is 1.55. The smallest absolute Gasteiger partial charge is 0.254 e. The number of aliphatic hydroxyl groups is 1. The van der Waals surface area contributed by atoms with Crippen LogP contribution in [0.2, 0.25) is 0 Å². The number of carbonyl (C=O) groups is 1. The summed E-state index contributed by atoms with van der Waals surface area (Å²) in [6.45, 7) is 3.47. The van der Waals surface area contributed by atoms with E-state index < -0.39 is 5.54 Å². The Morgan fingerprint density at radius 3 is 2.05 bits per heavy atom. The van der Waals surface area contributed by atoms with Crippen molar-refractivity contribution in [3.63, 3.8) is 0 Å². The minimum atomic E-state index is -0.632. The van der Waals surface area contributed by atoms with Gasteiger partial charge in [0, 0.05) is 18.7 Å². The molecule has 0 bridgehead atoms. The molecule has 0 radical (unpaired) electrons. The Kier molecular flexibility index (Phi) is 4.78. The number of aliphatic hydroxyl groups excluding tert-OH is 1. The van der Waals surface area contributed by atoms with Crippen LogP contribution in [0, 0.1) is 0 Å². The highest BCUT2D eigenvalue weighted by molar-refractivity contribution is 5.95. The third kappa shape index (κ3) is 3.38. The first-order valence-corrected chi connectivity index (χ1v) is 5.98. The fourth-order valence-electron chi connectivity index (χ4n) is 1.51. The highest BCUT2D eigenvalue weighted by atomic mass is 16.5. The number of nitrogens with zero attached hydrogens (tertiary/aromatic N) is 1. The molecule has 1 N–H and O–H groups in total. The second-order valence-electron chi connectivity index (χ2n) is 4.94. The molecule has 5 nitrogen and oxygen atoms in total. The quantitative estimate of drug-likeness (QED) is 0.879. The summed E-state index contributed by atoms with van der Waals surface area (Å²) in [5.41, 5.74) is -0.173. The number of methoxy groups -OCH3 is 2. The molecule has 0 spiro atoms. The molecule has 0 aliphatic carbocycles. The first-order chi connectivity index (χ1) is 8.85. The maximum absolute atomic E-state index is 12.4. The highest BCUT2D eigenvalue weighted by Crippen LogP contribution is 2.24. The van der Waals surface area contributed by atoms with E-state index in [9.17, 15) is 9.90 Å². The van der Waals surface area contributed by atoms with Crippen molar-refractivity contribution in [2.45, 2.75) is 19.4 Å². The fraction of sp³-hybridized carbons (Fsp3) is 0.500. The van der Waals surface area contributed by atoms with E-state index in [1.807, 2.05) is 0 Å². The van der Waals surface area contributed by atoms with E-state index in [4.69, 9.17) is 9.47 Å². The Morgan fingerprint density at radius 2 is 1.68 bits per heavy atom. The molecule has 0 saturated heterocycles. The minimum Gasteiger partial charge on any atom is -0.497 e. The lowest BCUT2D eigenvalue weighted by Gasteiger charge is -2.34. The molecule has 0 atom stereocenters. The van der Waals surface area contributed by atoms with Crippen molar-refractivity contribution < 1.29 is 19.4 Å². The maximum Gasteiger partial charge on any atom is 0.254 e. The monoisotopic (exact) mass is 267 g/mol. The third-order valence-electron chi connectivity index (χ3n) is 3.20. The number of hydrogen-bond acceptors (Lipinski definition) is 4. The summed E-state index contributed by atoms with van der Waals surface area (Å²) in [6.07, 6.45) is 0. The van der Waals surface area contributed by atoms with Crippen LogP contribution in [-0.4, -0.2) is 49.3 Å². The van der Waals surface area contributed by atoms with Crippen LogP contribution in [0.15, 0.2) is 18.2 Å². The number of likely N-dealkylation sites (N-methyl/N-ethyl adjacent to an activating group) is 1. The fourth-order valence-corrected chi connectivity index (χ4v) is 1.51. The normalized spacial score (nSPS) is 11.1. The first kappa shape index (κ1) is 15.3. The number of ether oxygens (including phenoxy) is 2. The Morgan fingerprint density at radius 1 is 1.21 bits per heavy atom. The molecule has 106 valence electrons. The van der Waals surface area contributed by atoms with Crippen molar-refractivity contribution in [1.82, 2.24) is 4.90 Å². The van der Waals surface area contributed by atoms with Crippen molar-refractivity contribution in [3.8, 4) is 11.5 Å². The van der Waals surface area contributed by atoms with E-state index in [2.05, 4.69) is 0 Å². The van der Waals surface area contributed by atoms with Gasteiger partial charge >= 0.3 is 0 Å². The first-order valence-electron chi connectivity index (χ1n) is 5.98. The SMILES string of the molecule is COc1cc(OC)cc(C(=O)N(C)C(C)(C)CO)c1. The van der Waals surface area contributed by atoms with Gasteiger partial charge < -0.3 is 19.5 Å². The number of carbonyl (C=O) groups excluding carboxylic acids is 1. The second-order valence-corrected chi connectivity index (χ2v) is 4.94. The summed E-state index contributed by atoms with van der Waals surface area (Å²) >= 11 is 0. The van der Waals surface area contributed by atoms with Gasteiger partial charge in [0.25, 0.3) is 5.91 Å². The Bertz CT molecular complexity index is 435. The van der Waals surface area contributed by atoms with Crippen LogP contribution in [-0.2, 0) is 0 Å². The van der Waals surface area contributed by atoms with Crippen LogP contribution >= 0.6 is 0 Å². The van der Waals surface area contributed by atoms with E-state index in [-0.39, 0.29) is 12.5 Å². The summed E-state index contributed by atoms with van der Waals surface area (Å²) in [5, 5.41) is 9.32. The summed E-state index contributed by atoms with van der Waals surface area (Å²) < 4.78 is 10.3. The van der Waals surface area contributed by atoms with Gasteiger partial charge in [-0.2, -0.15) is 0 Å². The highest BCUT2D eigenvalue weighted by Gasteiger charge is 2.28. The molecule has 0 aromatic heterocycles. The molecule has 1 aromatic carbocycles. The van der Waals surface area contributed by atoms with E-state index in [0.29, 0.717) is 17.1 Å². The van der Waals surface area contributed by atoms with Crippen molar-refractivity contribution in [3.05, 3.63) is 23.8 Å². The zero-order valence-electron chi connectivity index (χ0n) is 12.1. The number of amides is 1. The molecule has 0 fully saturated rings. The predicted molar refractivity (Wildman–Crippen MR) is 72.8 cm³/mol. The van der Waals surface area contributed by atoms with Crippen LogP contribution in [0.1, 0.15) is 24.2 Å². The molecular formula is C14H21NO4. The van der Waals surface area contributed by atoms with Crippen LogP contribution in [0.5, 0.6) is 11.5 Å². The second kappa shape index (κ2) is 5.93. The average Bonchev–Trinajstić information content (AvgIpc) is 2.44. The minimum absolute atomic E-state index is 0.115. The molecule has 5 heteroatoms. The summed E-state index contributed by atoms with van der Waals surface area (Å²) in [4.78, 5) is 13.9. The zero-order valence-corrected chi connectivity index (χ0v) is 12.1. The van der Waals surface area contributed by atoms with Crippen molar-refractivity contribution in [2.75, 3.05) is 27.9 Å². The lowest BCUT2D eigenvalue weighted by Crippen LogP contribution is -2.47. The van der Waals surface area contributed by atoms with Gasteiger partial charge in [-0.15, -0.1) is 0 Å². The van der Waals surface area contributed by atoms with Crippen LogP contribution in [0.25, 0.3) is 0 Å². The summed E-state index contributed by atoms with van der Waals surface area (Å²) in [5.74, 6) is 0.909. The number of rotatable bonds is 5. The van der Waals surface area contributed by atoms with Gasteiger partial charge in [0.15, 0.2) is 0 Å². The van der Waals surface area contributed by atoms with Gasteiger partial charge in [0.1, 0.15) is 11.5 Å². The molecule has 0 unspecified atom stereocenters. The van der Waals surface area contributed by atoms with E-state index in [1.165, 1.54) is 19.1 Å². The van der Waals surface area contributed by atoms with Crippen LogP contribution in [0.4, 0.5) is 0 Å². The molecule has 0 heterocycles. The van der Waals surface area contributed by atoms with Gasteiger partial charge in [-0.25, -0.2) is 0 Å². The van der Waals surface area contributed by atoms with Crippen molar-refractivity contribution >= 4 is 5.91 Å². The molecule has 0 aliphatic rings. The zero-order chi connectivity index (χ0) is 14.6. The van der Waals surface area contributed by atoms with Gasteiger partial charge in [-0.1, -0.05) is 0 Å². The summed E-state index contributed by atoms with van der Waals surface area (Å²) in [7, 11) is 4.72. The molecule has 1 amide bonds. The lowest BCUT2D eigenvalue weighted by molar-refractivity contribution is 0.0472. The average molecular weight is 267 g/mol. The molecule has 0 aliphatic heterocycles. The Labute approximate surface area is 113 Å². The maximum atomic E-state index is 12.4. The van der Waals surface area contributed by atoms with Gasteiger partial charge in [-0.3, -0.25) is 4.79 Å². The summed E-state index contributed by atoms with van der Waals surface area (Å²) in [6, 6.07) is 5.00. The van der Waals surface area contributed by atoms with Gasteiger partial charge in [0.2, 0.25) is 0 Å². The van der Waals surface area contributed by atoms with Crippen LogP contribution < -0.4 is 9.47 Å². The van der Waals surface area contributed by atoms with Crippen molar-refractivity contribution in [2.24, 2.45) is 0 Å². The van der Waals surface area contributed by atoms with E-state index in [0.717, 1.165) is 0 Å². The third-order valence-corrected chi connectivity index (χ3v) is 3.20.